The van der Waals surface area contributed by atoms with E-state index < -0.39 is 6.10 Å². The van der Waals surface area contributed by atoms with Gasteiger partial charge in [0.05, 0.1) is 0 Å². The maximum atomic E-state index is 13.0. The van der Waals surface area contributed by atoms with Crippen LogP contribution in [0.25, 0.3) is 0 Å². The minimum atomic E-state index is -0.791. The van der Waals surface area contributed by atoms with Gasteiger partial charge in [-0.25, -0.2) is 0 Å². The molecule has 0 aromatic heterocycles. The summed E-state index contributed by atoms with van der Waals surface area (Å²) in [7, 11) is 0. The van der Waals surface area contributed by atoms with Crippen LogP contribution in [0.4, 0.5) is 0 Å². The number of esters is 3. The van der Waals surface area contributed by atoms with Crippen LogP contribution < -0.4 is 0 Å². The molecule has 0 saturated carbocycles. The Balaban J connectivity index is 4.39. The molecule has 0 heterocycles. The molecule has 0 rings (SSSR count). The molecule has 0 bridgehead atoms. The molecule has 0 aromatic rings. The van der Waals surface area contributed by atoms with E-state index in [-0.39, 0.29) is 31.1 Å². The van der Waals surface area contributed by atoms with Crippen molar-refractivity contribution >= 4 is 17.9 Å². The molecular weight excluding hydrogens is 997 g/mol. The van der Waals surface area contributed by atoms with Gasteiger partial charge in [-0.2, -0.15) is 0 Å². The number of rotatable bonds is 63. The molecule has 0 N–H and O–H groups in total. The summed E-state index contributed by atoms with van der Waals surface area (Å²) in [5.41, 5.74) is 0. The third-order valence-electron chi connectivity index (χ3n) is 15.0. The Morgan fingerprint density at radius 2 is 0.444 bits per heavy atom. The van der Waals surface area contributed by atoms with Crippen molar-refractivity contribution < 1.29 is 28.6 Å². The molecule has 0 amide bonds. The van der Waals surface area contributed by atoms with E-state index in [4.69, 9.17) is 14.2 Å². The topological polar surface area (TPSA) is 78.9 Å². The second-order valence-electron chi connectivity index (χ2n) is 23.1. The smallest absolute Gasteiger partial charge is 0.306 e. The summed E-state index contributed by atoms with van der Waals surface area (Å²) < 4.78 is 17.0. The summed E-state index contributed by atoms with van der Waals surface area (Å²) in [6, 6.07) is 0. The third-order valence-corrected chi connectivity index (χ3v) is 15.0. The van der Waals surface area contributed by atoms with Crippen molar-refractivity contribution in [3.05, 3.63) is 97.2 Å². The van der Waals surface area contributed by atoms with Crippen molar-refractivity contribution in [3.63, 3.8) is 0 Å². The van der Waals surface area contributed by atoms with E-state index in [2.05, 4.69) is 118 Å². The van der Waals surface area contributed by atoms with Gasteiger partial charge >= 0.3 is 17.9 Å². The van der Waals surface area contributed by atoms with Crippen LogP contribution >= 0.6 is 0 Å². The van der Waals surface area contributed by atoms with Crippen molar-refractivity contribution in [1.82, 2.24) is 0 Å². The molecular formula is C75H130O6. The van der Waals surface area contributed by atoms with Gasteiger partial charge in [0.1, 0.15) is 13.2 Å². The van der Waals surface area contributed by atoms with E-state index in [0.29, 0.717) is 19.3 Å². The average Bonchev–Trinajstić information content (AvgIpc) is 3.47. The molecule has 0 aliphatic heterocycles. The summed E-state index contributed by atoms with van der Waals surface area (Å²) in [4.78, 5) is 38.5. The van der Waals surface area contributed by atoms with Crippen molar-refractivity contribution in [1.29, 1.82) is 0 Å². The quantitative estimate of drug-likeness (QED) is 0.0261. The molecule has 0 spiro atoms. The van der Waals surface area contributed by atoms with Crippen LogP contribution in [-0.4, -0.2) is 37.2 Å². The van der Waals surface area contributed by atoms with E-state index >= 15 is 0 Å². The highest BCUT2D eigenvalue weighted by Crippen LogP contribution is 2.16. The first-order chi connectivity index (χ1) is 40.0. The van der Waals surface area contributed by atoms with E-state index in [1.807, 2.05) is 0 Å². The Morgan fingerprint density at radius 1 is 0.247 bits per heavy atom. The Hall–Kier alpha value is -3.67. The second-order valence-corrected chi connectivity index (χ2v) is 23.1. The third kappa shape index (κ3) is 67.0. The van der Waals surface area contributed by atoms with Crippen LogP contribution in [-0.2, 0) is 28.6 Å². The first-order valence-corrected chi connectivity index (χ1v) is 34.7. The first kappa shape index (κ1) is 77.3. The Morgan fingerprint density at radius 3 is 0.716 bits per heavy atom. The lowest BCUT2D eigenvalue weighted by Crippen LogP contribution is -2.30. The molecule has 6 nitrogen and oxygen atoms in total. The standard InChI is InChI=1S/C75H130O6/c1-4-7-10-13-16-19-22-25-28-31-34-35-36-37-38-39-42-44-47-50-53-56-59-62-65-68-74(77)80-71-72(81-75(78)69-66-63-60-57-54-51-48-45-41-33-30-27-24-21-18-15-12-9-6-3)70-79-73(76)67-64-61-58-55-52-49-46-43-40-32-29-26-23-20-17-14-11-8-5-2/h17-18,20-22,25-27,29-31,34,36-37,41,45,72H,4-16,19,23-24,28,32-33,35,38-40,42-44,46-71H2,1-3H3/b20-17-,21-18-,25-22-,29-26-,30-27-,34-31-,37-36-,45-41-. The minimum Gasteiger partial charge on any atom is -0.462 e. The molecule has 0 aromatic carbocycles. The fourth-order valence-corrected chi connectivity index (χ4v) is 9.78. The zero-order valence-electron chi connectivity index (χ0n) is 53.5. The summed E-state index contributed by atoms with van der Waals surface area (Å²) >= 11 is 0. The number of hydrogen-bond acceptors (Lipinski definition) is 6. The Bertz CT molecular complexity index is 1580. The lowest BCUT2D eigenvalue weighted by molar-refractivity contribution is -0.167. The van der Waals surface area contributed by atoms with Crippen LogP contribution in [0.5, 0.6) is 0 Å². The van der Waals surface area contributed by atoms with Crippen LogP contribution in [0.15, 0.2) is 97.2 Å². The molecule has 0 fully saturated rings. The monoisotopic (exact) mass is 1130 g/mol. The van der Waals surface area contributed by atoms with Crippen molar-refractivity contribution in [2.24, 2.45) is 0 Å². The lowest BCUT2D eigenvalue weighted by Gasteiger charge is -2.18. The number of unbranched alkanes of at least 4 members (excludes halogenated alkanes) is 36. The lowest BCUT2D eigenvalue weighted by atomic mass is 10.1. The second kappa shape index (κ2) is 68.8. The predicted octanol–water partition coefficient (Wildman–Crippen LogP) is 24.0. The highest BCUT2D eigenvalue weighted by Gasteiger charge is 2.19. The largest absolute Gasteiger partial charge is 0.462 e. The normalized spacial score (nSPS) is 12.7. The molecule has 81 heavy (non-hydrogen) atoms. The molecule has 0 radical (unpaired) electrons. The molecule has 1 atom stereocenters. The Labute approximate surface area is 502 Å². The minimum absolute atomic E-state index is 0.0855. The van der Waals surface area contributed by atoms with Crippen LogP contribution in [0.1, 0.15) is 342 Å². The van der Waals surface area contributed by atoms with Crippen molar-refractivity contribution in [3.8, 4) is 0 Å². The number of ether oxygens (including phenoxy) is 3. The zero-order chi connectivity index (χ0) is 58.5. The van der Waals surface area contributed by atoms with Gasteiger partial charge < -0.3 is 14.2 Å². The van der Waals surface area contributed by atoms with Gasteiger partial charge in [-0.05, 0) is 128 Å². The van der Waals surface area contributed by atoms with Crippen molar-refractivity contribution in [2.45, 2.75) is 348 Å². The van der Waals surface area contributed by atoms with Crippen LogP contribution in [0, 0.1) is 0 Å². The SMILES string of the molecule is CCCCC/C=C\C/C=C\C/C=C\CCCCCCCCC(=O)OC(COC(=O)CCCCCCCCCCC/C=C\C/C=C\CCCCC)COC(=O)CCCCCCCCCCCC/C=C\C/C=C\C/C=C\CCCCCCC. The average molecular weight is 1130 g/mol. The van der Waals surface area contributed by atoms with Gasteiger partial charge in [-0.15, -0.1) is 0 Å². The molecule has 0 aliphatic carbocycles. The van der Waals surface area contributed by atoms with Gasteiger partial charge in [0, 0.05) is 19.3 Å². The van der Waals surface area contributed by atoms with Crippen LogP contribution in [0.2, 0.25) is 0 Å². The maximum absolute atomic E-state index is 13.0. The fourth-order valence-electron chi connectivity index (χ4n) is 9.78. The predicted molar refractivity (Wildman–Crippen MR) is 353 cm³/mol. The summed E-state index contributed by atoms with van der Waals surface area (Å²) in [5, 5.41) is 0. The van der Waals surface area contributed by atoms with Gasteiger partial charge in [0.25, 0.3) is 0 Å². The number of hydrogen-bond donors (Lipinski definition) is 0. The van der Waals surface area contributed by atoms with Gasteiger partial charge in [0.15, 0.2) is 6.10 Å². The highest BCUT2D eigenvalue weighted by molar-refractivity contribution is 5.71. The van der Waals surface area contributed by atoms with E-state index in [1.54, 1.807) is 0 Å². The first-order valence-electron chi connectivity index (χ1n) is 34.7. The van der Waals surface area contributed by atoms with Crippen molar-refractivity contribution in [2.75, 3.05) is 13.2 Å². The molecule has 0 aliphatic rings. The Kier molecular flexibility index (Phi) is 65.7. The van der Waals surface area contributed by atoms with E-state index in [1.165, 1.54) is 199 Å². The number of carbonyl (C=O) groups is 3. The number of allylic oxidation sites excluding steroid dienone is 16. The zero-order valence-corrected chi connectivity index (χ0v) is 53.5. The molecule has 0 saturated heterocycles. The summed E-state index contributed by atoms with van der Waals surface area (Å²) in [6.45, 7) is 6.60. The van der Waals surface area contributed by atoms with E-state index in [0.717, 1.165) is 103 Å². The molecule has 1 unspecified atom stereocenters. The summed E-state index contributed by atoms with van der Waals surface area (Å²) in [6.07, 6.45) is 92.7. The maximum Gasteiger partial charge on any atom is 0.306 e. The number of carbonyl (C=O) groups excluding carboxylic acids is 3. The fraction of sp³-hybridized carbons (Fsp3) is 0.747. The molecule has 6 heteroatoms. The van der Waals surface area contributed by atoms with Gasteiger partial charge in [-0.3, -0.25) is 14.4 Å². The van der Waals surface area contributed by atoms with Gasteiger partial charge in [0.2, 0.25) is 0 Å². The van der Waals surface area contributed by atoms with E-state index in [9.17, 15) is 14.4 Å². The summed E-state index contributed by atoms with van der Waals surface area (Å²) in [5.74, 6) is -0.892. The van der Waals surface area contributed by atoms with Crippen LogP contribution in [0.3, 0.4) is 0 Å². The van der Waals surface area contributed by atoms with Gasteiger partial charge in [-0.1, -0.05) is 291 Å². The highest BCUT2D eigenvalue weighted by atomic mass is 16.6. The molecule has 466 valence electrons.